The molecule has 0 saturated heterocycles. The molecule has 1 aromatic heterocycles. The molecule has 0 atom stereocenters. The van der Waals surface area contributed by atoms with Crippen LogP contribution in [0.4, 0.5) is 0 Å². The fourth-order valence-corrected chi connectivity index (χ4v) is 2.57. The molecule has 0 aliphatic rings. The maximum absolute atomic E-state index is 10.4. The Labute approximate surface area is 90.6 Å². The van der Waals surface area contributed by atoms with Gasteiger partial charge >= 0.3 is 5.97 Å². The van der Waals surface area contributed by atoms with Crippen LogP contribution in [-0.4, -0.2) is 21.8 Å². The van der Waals surface area contributed by atoms with Gasteiger partial charge in [-0.3, -0.25) is 4.79 Å². The molecule has 14 heavy (non-hydrogen) atoms. The molecular formula is C9H9NO2S2. The van der Waals surface area contributed by atoms with Crippen LogP contribution in [0.3, 0.4) is 0 Å². The molecule has 0 bridgehead atoms. The van der Waals surface area contributed by atoms with Crippen LogP contribution in [0.25, 0.3) is 0 Å². The van der Waals surface area contributed by atoms with Crippen molar-refractivity contribution in [2.75, 3.05) is 5.75 Å². The predicted octanol–water partition coefficient (Wildman–Crippen LogP) is 1.89. The van der Waals surface area contributed by atoms with Gasteiger partial charge in [0.15, 0.2) is 0 Å². The summed E-state index contributed by atoms with van der Waals surface area (Å²) in [5, 5.41) is 10.3. The van der Waals surface area contributed by atoms with E-state index in [4.69, 9.17) is 11.5 Å². The molecule has 0 aliphatic carbocycles. The number of carboxylic acids is 1. The van der Waals surface area contributed by atoms with Gasteiger partial charge in [-0.1, -0.05) is 11.8 Å². The van der Waals surface area contributed by atoms with Crippen molar-refractivity contribution < 1.29 is 9.90 Å². The number of carbonyl (C=O) groups is 1. The molecule has 0 saturated carbocycles. The number of nitrogens with zero attached hydrogens (tertiary/aromatic N) is 1. The molecule has 0 unspecified atom stereocenters. The molecule has 0 fully saturated rings. The van der Waals surface area contributed by atoms with E-state index in [1.165, 1.54) is 11.3 Å². The molecule has 1 N–H and O–H groups in total. The average Bonchev–Trinajstić information content (AvgIpc) is 2.52. The lowest BCUT2D eigenvalue weighted by Gasteiger charge is -1.91. The molecule has 1 heterocycles. The van der Waals surface area contributed by atoms with Crippen molar-refractivity contribution in [1.82, 2.24) is 4.98 Å². The summed E-state index contributed by atoms with van der Waals surface area (Å²) in [5.74, 6) is 2.52. The average molecular weight is 227 g/mol. The minimum atomic E-state index is -0.851. The summed E-state index contributed by atoms with van der Waals surface area (Å²) in [6.45, 7) is 0. The van der Waals surface area contributed by atoms with Gasteiger partial charge in [0.05, 0.1) is 12.1 Å². The van der Waals surface area contributed by atoms with Gasteiger partial charge in [0.1, 0.15) is 4.34 Å². The Balaban J connectivity index is 2.43. The van der Waals surface area contributed by atoms with Crippen LogP contribution >= 0.6 is 23.1 Å². The Morgan fingerprint density at radius 1 is 1.79 bits per heavy atom. The van der Waals surface area contributed by atoms with Gasteiger partial charge in [-0.05, 0) is 0 Å². The molecular weight excluding hydrogens is 218 g/mol. The number of thioether (sulfide) groups is 1. The summed E-state index contributed by atoms with van der Waals surface area (Å²) in [4.78, 5) is 14.5. The van der Waals surface area contributed by atoms with E-state index in [2.05, 4.69) is 10.9 Å². The first kappa shape index (κ1) is 11.1. The largest absolute Gasteiger partial charge is 0.481 e. The summed E-state index contributed by atoms with van der Waals surface area (Å²) in [6.07, 6.45) is 5.80. The van der Waals surface area contributed by atoms with Gasteiger partial charge in [0, 0.05) is 17.6 Å². The number of rotatable bonds is 5. The van der Waals surface area contributed by atoms with E-state index >= 15 is 0 Å². The fraction of sp³-hybridized carbons (Fsp3) is 0.333. The molecule has 0 spiro atoms. The smallest absolute Gasteiger partial charge is 0.309 e. The maximum Gasteiger partial charge on any atom is 0.309 e. The second-order valence-corrected chi connectivity index (χ2v) is 4.68. The van der Waals surface area contributed by atoms with Crippen LogP contribution in [0, 0.1) is 12.3 Å². The van der Waals surface area contributed by atoms with Gasteiger partial charge in [-0.2, -0.15) is 0 Å². The lowest BCUT2D eigenvalue weighted by Crippen LogP contribution is -1.99. The molecule has 5 heteroatoms. The summed E-state index contributed by atoms with van der Waals surface area (Å²) in [5.41, 5.74) is 0.616. The molecule has 0 aliphatic heterocycles. The second-order valence-electron chi connectivity index (χ2n) is 2.48. The van der Waals surface area contributed by atoms with Crippen molar-refractivity contribution in [3.63, 3.8) is 0 Å². The van der Waals surface area contributed by atoms with Crippen LogP contribution < -0.4 is 0 Å². The minimum absolute atomic E-state index is 0.00774. The Bertz CT molecular complexity index is 354. The lowest BCUT2D eigenvalue weighted by atomic mass is 10.3. The number of terminal acetylenes is 1. The van der Waals surface area contributed by atoms with E-state index in [-0.39, 0.29) is 6.42 Å². The molecule has 1 rings (SSSR count). The zero-order chi connectivity index (χ0) is 10.4. The third-order valence-corrected chi connectivity index (χ3v) is 3.41. The quantitative estimate of drug-likeness (QED) is 0.474. The number of carboxylic acid groups (broad SMARTS) is 1. The monoisotopic (exact) mass is 227 g/mol. The fourth-order valence-electron chi connectivity index (χ4n) is 0.788. The zero-order valence-corrected chi connectivity index (χ0v) is 9.03. The van der Waals surface area contributed by atoms with Crippen LogP contribution in [-0.2, 0) is 11.2 Å². The van der Waals surface area contributed by atoms with E-state index in [0.29, 0.717) is 12.1 Å². The lowest BCUT2D eigenvalue weighted by molar-refractivity contribution is -0.136. The summed E-state index contributed by atoms with van der Waals surface area (Å²) < 4.78 is 0.886. The van der Waals surface area contributed by atoms with Gasteiger partial charge in [0.25, 0.3) is 0 Å². The Kier molecular flexibility index (Phi) is 4.50. The zero-order valence-electron chi connectivity index (χ0n) is 7.40. The van der Waals surface area contributed by atoms with Crippen molar-refractivity contribution in [2.45, 2.75) is 17.2 Å². The highest BCUT2D eigenvalue weighted by atomic mass is 32.2. The molecule has 3 nitrogen and oxygen atoms in total. The van der Waals surface area contributed by atoms with Crippen LogP contribution in [0.1, 0.15) is 12.1 Å². The van der Waals surface area contributed by atoms with Crippen molar-refractivity contribution in [3.8, 4) is 12.3 Å². The van der Waals surface area contributed by atoms with Crippen molar-refractivity contribution in [1.29, 1.82) is 0 Å². The van der Waals surface area contributed by atoms with E-state index in [1.54, 1.807) is 17.1 Å². The summed E-state index contributed by atoms with van der Waals surface area (Å²) in [7, 11) is 0. The number of aromatic nitrogens is 1. The first-order chi connectivity index (χ1) is 6.72. The molecule has 0 amide bonds. The first-order valence-electron chi connectivity index (χ1n) is 3.95. The predicted molar refractivity (Wildman–Crippen MR) is 57.6 cm³/mol. The van der Waals surface area contributed by atoms with Crippen molar-refractivity contribution >= 4 is 29.1 Å². The Morgan fingerprint density at radius 3 is 3.21 bits per heavy atom. The number of thiazole rings is 1. The van der Waals surface area contributed by atoms with E-state index in [9.17, 15) is 4.79 Å². The molecule has 0 aromatic carbocycles. The number of hydrogen-bond acceptors (Lipinski definition) is 4. The SMILES string of the molecule is C#CCCSc1nc(CC(=O)O)cs1. The topological polar surface area (TPSA) is 50.2 Å². The van der Waals surface area contributed by atoms with E-state index in [0.717, 1.165) is 10.1 Å². The summed E-state index contributed by atoms with van der Waals surface area (Å²) in [6, 6.07) is 0. The van der Waals surface area contributed by atoms with Crippen molar-refractivity contribution in [3.05, 3.63) is 11.1 Å². The van der Waals surface area contributed by atoms with E-state index < -0.39 is 5.97 Å². The molecule has 1 aromatic rings. The standard InChI is InChI=1S/C9H9NO2S2/c1-2-3-4-13-9-10-7(6-14-9)5-8(11)12/h1,6H,3-5H2,(H,11,12). The number of hydrogen-bond donors (Lipinski definition) is 1. The van der Waals surface area contributed by atoms with Crippen LogP contribution in [0.2, 0.25) is 0 Å². The highest BCUT2D eigenvalue weighted by Crippen LogP contribution is 2.23. The third-order valence-electron chi connectivity index (χ3n) is 1.33. The molecule has 0 radical (unpaired) electrons. The van der Waals surface area contributed by atoms with Crippen molar-refractivity contribution in [2.24, 2.45) is 0 Å². The Morgan fingerprint density at radius 2 is 2.57 bits per heavy atom. The highest BCUT2D eigenvalue weighted by molar-refractivity contribution is 8.01. The van der Waals surface area contributed by atoms with Crippen LogP contribution in [0.5, 0.6) is 0 Å². The van der Waals surface area contributed by atoms with Crippen LogP contribution in [0.15, 0.2) is 9.72 Å². The maximum atomic E-state index is 10.4. The minimum Gasteiger partial charge on any atom is -0.481 e. The van der Waals surface area contributed by atoms with E-state index in [1.807, 2.05) is 0 Å². The van der Waals surface area contributed by atoms with Gasteiger partial charge in [-0.25, -0.2) is 4.98 Å². The molecule has 74 valence electrons. The highest BCUT2D eigenvalue weighted by Gasteiger charge is 2.05. The van der Waals surface area contributed by atoms with Gasteiger partial charge < -0.3 is 5.11 Å². The van der Waals surface area contributed by atoms with Gasteiger partial charge in [0.2, 0.25) is 0 Å². The normalized spacial score (nSPS) is 9.64. The number of aliphatic carboxylic acids is 1. The Hall–Kier alpha value is -0.990. The third kappa shape index (κ3) is 3.81. The van der Waals surface area contributed by atoms with Gasteiger partial charge in [-0.15, -0.1) is 23.7 Å². The summed E-state index contributed by atoms with van der Waals surface area (Å²) >= 11 is 3.03. The first-order valence-corrected chi connectivity index (χ1v) is 5.81. The second kappa shape index (κ2) is 5.68.